The molecule has 0 aliphatic carbocycles. The van der Waals surface area contributed by atoms with Gasteiger partial charge in [-0.15, -0.1) is 12.4 Å². The van der Waals surface area contributed by atoms with Crippen molar-refractivity contribution in [1.29, 1.82) is 0 Å². The predicted molar refractivity (Wildman–Crippen MR) is 81.5 cm³/mol. The Bertz CT molecular complexity index is 568. The van der Waals surface area contributed by atoms with E-state index in [1.54, 1.807) is 24.3 Å². The number of nitrogens with one attached hydrogen (secondary N) is 1. The molecule has 1 fully saturated rings. The molecule has 9 heteroatoms. The van der Waals surface area contributed by atoms with Gasteiger partial charge in [0.15, 0.2) is 0 Å². The number of hydrogen-bond acceptors (Lipinski definition) is 4. The Kier molecular flexibility index (Phi) is 6.65. The van der Waals surface area contributed by atoms with Crippen molar-refractivity contribution in [2.75, 3.05) is 13.1 Å². The van der Waals surface area contributed by atoms with Gasteiger partial charge in [0, 0.05) is 13.1 Å². The van der Waals surface area contributed by atoms with E-state index < -0.39 is 30.1 Å². The van der Waals surface area contributed by atoms with Crippen molar-refractivity contribution in [2.45, 2.75) is 12.6 Å². The van der Waals surface area contributed by atoms with Crippen molar-refractivity contribution in [2.24, 2.45) is 5.92 Å². The van der Waals surface area contributed by atoms with Crippen LogP contribution in [-0.4, -0.2) is 52.4 Å². The van der Waals surface area contributed by atoms with Gasteiger partial charge < -0.3 is 25.2 Å². The summed E-state index contributed by atoms with van der Waals surface area (Å²) < 4.78 is 5.00. The molecule has 0 spiro atoms. The van der Waals surface area contributed by atoms with E-state index in [9.17, 15) is 14.4 Å². The maximum absolute atomic E-state index is 11.7. The van der Waals surface area contributed by atoms with Gasteiger partial charge in [-0.2, -0.15) is 0 Å². The van der Waals surface area contributed by atoms with Gasteiger partial charge in [0.1, 0.15) is 6.61 Å². The number of carboxylic acid groups (broad SMARTS) is 2. The third kappa shape index (κ3) is 5.03. The van der Waals surface area contributed by atoms with E-state index in [-0.39, 0.29) is 32.1 Å². The molecule has 0 aromatic heterocycles. The first-order valence-corrected chi connectivity index (χ1v) is 6.65. The number of carbonyl (C=O) groups excluding carboxylic acids is 1. The van der Waals surface area contributed by atoms with Gasteiger partial charge >= 0.3 is 18.2 Å². The second-order valence-corrected chi connectivity index (χ2v) is 4.94. The Balaban J connectivity index is 0.00000264. The Morgan fingerprint density at radius 2 is 1.83 bits per heavy atom. The molecule has 1 aliphatic rings. The van der Waals surface area contributed by atoms with Crippen LogP contribution in [0.5, 0.6) is 0 Å². The van der Waals surface area contributed by atoms with E-state index >= 15 is 0 Å². The summed E-state index contributed by atoms with van der Waals surface area (Å²) in [5.41, 5.74) is 0.797. The van der Waals surface area contributed by atoms with Crippen molar-refractivity contribution < 1.29 is 29.3 Å². The first-order valence-electron chi connectivity index (χ1n) is 6.65. The van der Waals surface area contributed by atoms with E-state index in [1.165, 1.54) is 0 Å². The second kappa shape index (κ2) is 8.23. The van der Waals surface area contributed by atoms with E-state index in [2.05, 4.69) is 5.32 Å². The maximum atomic E-state index is 11.7. The van der Waals surface area contributed by atoms with E-state index in [0.29, 0.717) is 0 Å². The van der Waals surface area contributed by atoms with Crippen LogP contribution in [0.4, 0.5) is 9.59 Å². The standard InChI is InChI=1S/C14H16N2O6.ClH/c17-12(18)10-6-16(14(20)21)7-11(10)15-13(19)22-8-9-4-2-1-3-5-9;/h1-5,10-11H,6-8H2,(H,15,19)(H,17,18)(H,20,21);1H/t10-,11-;/m1./s1. The zero-order valence-corrected chi connectivity index (χ0v) is 12.9. The van der Waals surface area contributed by atoms with Crippen LogP contribution in [0.2, 0.25) is 0 Å². The van der Waals surface area contributed by atoms with Crippen LogP contribution in [0.1, 0.15) is 5.56 Å². The van der Waals surface area contributed by atoms with Crippen molar-refractivity contribution in [3.05, 3.63) is 35.9 Å². The summed E-state index contributed by atoms with van der Waals surface area (Å²) in [6.07, 6.45) is -1.99. The molecule has 2 rings (SSSR count). The molecule has 0 bridgehead atoms. The number of amides is 2. The molecule has 1 aromatic rings. The highest BCUT2D eigenvalue weighted by Gasteiger charge is 2.40. The molecular weight excluding hydrogens is 328 g/mol. The Hall–Kier alpha value is -2.48. The lowest BCUT2D eigenvalue weighted by atomic mass is 10.0. The number of ether oxygens (including phenoxy) is 1. The zero-order valence-electron chi connectivity index (χ0n) is 12.0. The zero-order chi connectivity index (χ0) is 16.1. The summed E-state index contributed by atoms with van der Waals surface area (Å²) in [4.78, 5) is 34.7. The highest BCUT2D eigenvalue weighted by molar-refractivity contribution is 5.85. The lowest BCUT2D eigenvalue weighted by Crippen LogP contribution is -2.43. The molecule has 0 radical (unpaired) electrons. The minimum atomic E-state index is -1.21. The number of hydrogen-bond donors (Lipinski definition) is 3. The second-order valence-electron chi connectivity index (χ2n) is 4.94. The number of likely N-dealkylation sites (tertiary alicyclic amines) is 1. The molecule has 1 aromatic carbocycles. The molecule has 0 saturated carbocycles. The van der Waals surface area contributed by atoms with Crippen LogP contribution in [0.15, 0.2) is 30.3 Å². The number of halogens is 1. The van der Waals surface area contributed by atoms with Crippen LogP contribution in [-0.2, 0) is 16.1 Å². The van der Waals surface area contributed by atoms with Gasteiger partial charge in [-0.1, -0.05) is 30.3 Å². The molecule has 2 amide bonds. The molecule has 8 nitrogen and oxygen atoms in total. The summed E-state index contributed by atoms with van der Waals surface area (Å²) in [5.74, 6) is -2.14. The first-order chi connectivity index (χ1) is 10.5. The number of nitrogens with zero attached hydrogens (tertiary/aromatic N) is 1. The molecule has 0 unspecified atom stereocenters. The van der Waals surface area contributed by atoms with E-state index in [1.807, 2.05) is 6.07 Å². The summed E-state index contributed by atoms with van der Waals surface area (Å²) in [7, 11) is 0. The van der Waals surface area contributed by atoms with E-state index in [4.69, 9.17) is 14.9 Å². The van der Waals surface area contributed by atoms with Crippen LogP contribution >= 0.6 is 12.4 Å². The van der Waals surface area contributed by atoms with Gasteiger partial charge in [-0.05, 0) is 5.56 Å². The third-order valence-corrected chi connectivity index (χ3v) is 3.42. The van der Waals surface area contributed by atoms with Gasteiger partial charge in [-0.3, -0.25) is 4.79 Å². The number of rotatable bonds is 4. The number of benzene rings is 1. The highest BCUT2D eigenvalue weighted by atomic mass is 35.5. The Morgan fingerprint density at radius 1 is 1.17 bits per heavy atom. The lowest BCUT2D eigenvalue weighted by Gasteiger charge is -2.16. The number of aliphatic carboxylic acids is 1. The molecule has 126 valence electrons. The molecule has 2 atom stereocenters. The number of carboxylic acids is 1. The van der Waals surface area contributed by atoms with Crippen molar-refractivity contribution in [1.82, 2.24) is 10.2 Å². The fourth-order valence-electron chi connectivity index (χ4n) is 2.27. The summed E-state index contributed by atoms with van der Waals surface area (Å²) in [6, 6.07) is 8.21. The predicted octanol–water partition coefficient (Wildman–Crippen LogP) is 1.40. The van der Waals surface area contributed by atoms with Gasteiger partial charge in [0.2, 0.25) is 0 Å². The Morgan fingerprint density at radius 3 is 2.39 bits per heavy atom. The fraction of sp³-hybridized carbons (Fsp3) is 0.357. The first kappa shape index (κ1) is 18.6. The number of carbonyl (C=O) groups is 3. The topological polar surface area (TPSA) is 116 Å². The molecule has 23 heavy (non-hydrogen) atoms. The summed E-state index contributed by atoms with van der Waals surface area (Å²) in [5, 5.41) is 20.4. The summed E-state index contributed by atoms with van der Waals surface area (Å²) >= 11 is 0. The SMILES string of the molecule is Cl.O=C(N[C@@H]1CN(C(=O)O)C[C@H]1C(=O)O)OCc1ccccc1. The average molecular weight is 345 g/mol. The maximum Gasteiger partial charge on any atom is 0.407 e. The quantitative estimate of drug-likeness (QED) is 0.760. The number of alkyl carbamates (subject to hydrolysis) is 1. The third-order valence-electron chi connectivity index (χ3n) is 3.42. The molecule has 3 N–H and O–H groups in total. The van der Waals surface area contributed by atoms with Gasteiger partial charge in [0.05, 0.1) is 12.0 Å². The largest absolute Gasteiger partial charge is 0.481 e. The van der Waals surface area contributed by atoms with Gasteiger partial charge in [-0.25, -0.2) is 9.59 Å². The smallest absolute Gasteiger partial charge is 0.407 e. The van der Waals surface area contributed by atoms with Crippen molar-refractivity contribution in [3.63, 3.8) is 0 Å². The lowest BCUT2D eigenvalue weighted by molar-refractivity contribution is -0.141. The molecule has 1 aliphatic heterocycles. The van der Waals surface area contributed by atoms with Crippen LogP contribution < -0.4 is 5.32 Å². The molecule has 1 saturated heterocycles. The Labute approximate surface area is 138 Å². The minimum Gasteiger partial charge on any atom is -0.481 e. The van der Waals surface area contributed by atoms with Crippen molar-refractivity contribution in [3.8, 4) is 0 Å². The van der Waals surface area contributed by atoms with Crippen LogP contribution in [0, 0.1) is 5.92 Å². The van der Waals surface area contributed by atoms with Crippen LogP contribution in [0.25, 0.3) is 0 Å². The average Bonchev–Trinajstić information content (AvgIpc) is 2.90. The normalized spacial score (nSPS) is 19.6. The highest BCUT2D eigenvalue weighted by Crippen LogP contribution is 2.17. The summed E-state index contributed by atoms with van der Waals surface area (Å²) in [6.45, 7) is -0.180. The minimum absolute atomic E-state index is 0. The van der Waals surface area contributed by atoms with Crippen LogP contribution in [0.3, 0.4) is 0 Å². The van der Waals surface area contributed by atoms with Crippen molar-refractivity contribution >= 4 is 30.6 Å². The van der Waals surface area contributed by atoms with Gasteiger partial charge in [0.25, 0.3) is 0 Å². The molecule has 1 heterocycles. The van der Waals surface area contributed by atoms with E-state index in [0.717, 1.165) is 10.5 Å². The monoisotopic (exact) mass is 344 g/mol. The molecular formula is C14H17ClN2O6. The fourth-order valence-corrected chi connectivity index (χ4v) is 2.27.